The minimum absolute atomic E-state index is 0.00806. The largest absolute Gasteiger partial charge is 0.459 e. The molecule has 0 bridgehead atoms. The average Bonchev–Trinajstić information content (AvgIpc) is 2.98. The number of aromatic nitrogens is 1. The van der Waals surface area contributed by atoms with E-state index in [1.165, 1.54) is 19.3 Å². The maximum atomic E-state index is 12.7. The van der Waals surface area contributed by atoms with Crippen molar-refractivity contribution in [2.24, 2.45) is 11.7 Å². The van der Waals surface area contributed by atoms with E-state index in [9.17, 15) is 4.79 Å². The first-order chi connectivity index (χ1) is 11.9. The Kier molecular flexibility index (Phi) is 5.19. The Morgan fingerprint density at radius 3 is 2.56 bits per heavy atom. The summed E-state index contributed by atoms with van der Waals surface area (Å²) in [5.41, 5.74) is 8.22. The quantitative estimate of drug-likeness (QED) is 0.804. The summed E-state index contributed by atoms with van der Waals surface area (Å²) >= 11 is 0. The fourth-order valence-corrected chi connectivity index (χ4v) is 4.12. The fraction of sp³-hybridized carbons (Fsp3) is 0.571. The van der Waals surface area contributed by atoms with Crippen LogP contribution in [-0.4, -0.2) is 22.6 Å². The molecule has 0 amide bonds. The van der Waals surface area contributed by atoms with Gasteiger partial charge in [0.25, 0.3) is 0 Å². The number of fused-ring (bicyclic) bond motifs is 1. The van der Waals surface area contributed by atoms with Gasteiger partial charge in [0, 0.05) is 23.0 Å². The highest BCUT2D eigenvalue weighted by Crippen LogP contribution is 2.40. The van der Waals surface area contributed by atoms with Gasteiger partial charge < -0.3 is 15.5 Å². The number of benzene rings is 1. The second-order valence-electron chi connectivity index (χ2n) is 8.27. The minimum atomic E-state index is -0.637. The lowest BCUT2D eigenvalue weighted by Crippen LogP contribution is -2.44. The van der Waals surface area contributed by atoms with Crippen LogP contribution in [0, 0.1) is 5.92 Å². The van der Waals surface area contributed by atoms with Crippen LogP contribution >= 0.6 is 0 Å². The number of carbonyl (C=O) groups is 1. The Hall–Kier alpha value is -1.81. The van der Waals surface area contributed by atoms with Crippen molar-refractivity contribution in [1.29, 1.82) is 0 Å². The van der Waals surface area contributed by atoms with Gasteiger partial charge in [0.1, 0.15) is 11.6 Å². The van der Waals surface area contributed by atoms with Crippen LogP contribution in [0.5, 0.6) is 0 Å². The van der Waals surface area contributed by atoms with E-state index in [1.54, 1.807) is 0 Å². The van der Waals surface area contributed by atoms with Gasteiger partial charge in [0.05, 0.1) is 0 Å². The topological polar surface area (TPSA) is 68.1 Å². The van der Waals surface area contributed by atoms with Crippen LogP contribution in [0.15, 0.2) is 30.5 Å². The van der Waals surface area contributed by atoms with Crippen molar-refractivity contribution < 1.29 is 9.53 Å². The monoisotopic (exact) mass is 342 g/mol. The number of esters is 1. The summed E-state index contributed by atoms with van der Waals surface area (Å²) in [6.07, 6.45) is 7.99. The highest BCUT2D eigenvalue weighted by molar-refractivity contribution is 5.85. The molecule has 1 fully saturated rings. The predicted octanol–water partition coefficient (Wildman–Crippen LogP) is 4.50. The van der Waals surface area contributed by atoms with E-state index in [-0.39, 0.29) is 11.9 Å². The third kappa shape index (κ3) is 4.06. The maximum Gasteiger partial charge on any atom is 0.324 e. The molecule has 136 valence electrons. The number of para-hydroxylation sites is 1. The molecule has 2 atom stereocenters. The van der Waals surface area contributed by atoms with Gasteiger partial charge in [-0.05, 0) is 51.2 Å². The molecule has 2 aromatic rings. The normalized spacial score (nSPS) is 18.9. The number of rotatable bonds is 4. The highest BCUT2D eigenvalue weighted by Gasteiger charge is 2.37. The molecule has 0 spiro atoms. The van der Waals surface area contributed by atoms with Gasteiger partial charge in [-0.3, -0.25) is 4.79 Å². The van der Waals surface area contributed by atoms with Crippen LogP contribution in [0.1, 0.15) is 64.4 Å². The minimum Gasteiger partial charge on any atom is -0.459 e. The second-order valence-corrected chi connectivity index (χ2v) is 8.27. The van der Waals surface area contributed by atoms with E-state index in [2.05, 4.69) is 17.1 Å². The Morgan fingerprint density at radius 2 is 1.88 bits per heavy atom. The number of H-pyrrole nitrogens is 1. The zero-order chi connectivity index (χ0) is 18.0. The molecule has 1 aliphatic rings. The second kappa shape index (κ2) is 7.20. The van der Waals surface area contributed by atoms with Crippen LogP contribution < -0.4 is 5.73 Å². The summed E-state index contributed by atoms with van der Waals surface area (Å²) in [5.74, 6) is 0.120. The Balaban J connectivity index is 1.96. The van der Waals surface area contributed by atoms with Crippen molar-refractivity contribution in [3.8, 4) is 0 Å². The number of hydrogen-bond acceptors (Lipinski definition) is 3. The lowest BCUT2D eigenvalue weighted by atomic mass is 9.73. The van der Waals surface area contributed by atoms with Crippen molar-refractivity contribution in [2.45, 2.75) is 70.4 Å². The summed E-state index contributed by atoms with van der Waals surface area (Å²) in [5, 5.41) is 1.16. The molecule has 1 aromatic carbocycles. The molecule has 1 heterocycles. The number of aromatic amines is 1. The van der Waals surface area contributed by atoms with Crippen molar-refractivity contribution in [1.82, 2.24) is 4.98 Å². The van der Waals surface area contributed by atoms with Crippen molar-refractivity contribution in [3.63, 3.8) is 0 Å². The molecule has 1 aliphatic carbocycles. The highest BCUT2D eigenvalue weighted by atomic mass is 16.6. The number of nitrogens with two attached hydrogens (primary N) is 1. The first-order valence-electron chi connectivity index (χ1n) is 9.41. The molecule has 4 heteroatoms. The number of carbonyl (C=O) groups excluding carboxylic acids is 1. The third-order valence-electron chi connectivity index (χ3n) is 5.20. The summed E-state index contributed by atoms with van der Waals surface area (Å²) < 4.78 is 5.61. The van der Waals surface area contributed by atoms with Crippen LogP contribution in [-0.2, 0) is 9.53 Å². The average molecular weight is 342 g/mol. The van der Waals surface area contributed by atoms with E-state index in [4.69, 9.17) is 10.5 Å². The predicted molar refractivity (Wildman–Crippen MR) is 101 cm³/mol. The van der Waals surface area contributed by atoms with E-state index >= 15 is 0 Å². The van der Waals surface area contributed by atoms with E-state index < -0.39 is 11.6 Å². The van der Waals surface area contributed by atoms with Crippen LogP contribution in [0.2, 0.25) is 0 Å². The smallest absolute Gasteiger partial charge is 0.324 e. The lowest BCUT2D eigenvalue weighted by molar-refractivity contribution is -0.157. The van der Waals surface area contributed by atoms with Gasteiger partial charge in [0.2, 0.25) is 0 Å². The summed E-state index contributed by atoms with van der Waals surface area (Å²) in [6, 6.07) is 7.60. The molecule has 1 aromatic heterocycles. The number of ether oxygens (including phenoxy) is 1. The zero-order valence-electron chi connectivity index (χ0n) is 15.5. The van der Waals surface area contributed by atoms with Crippen LogP contribution in [0.3, 0.4) is 0 Å². The Bertz CT molecular complexity index is 723. The van der Waals surface area contributed by atoms with Gasteiger partial charge >= 0.3 is 5.97 Å². The molecule has 0 radical (unpaired) electrons. The molecular formula is C21H30N2O2. The molecule has 4 nitrogen and oxygen atoms in total. The lowest BCUT2D eigenvalue weighted by Gasteiger charge is -2.34. The van der Waals surface area contributed by atoms with Crippen LogP contribution in [0.25, 0.3) is 10.9 Å². The first-order valence-corrected chi connectivity index (χ1v) is 9.41. The van der Waals surface area contributed by atoms with Crippen LogP contribution in [0.4, 0.5) is 0 Å². The Labute approximate surface area is 150 Å². The van der Waals surface area contributed by atoms with Crippen molar-refractivity contribution in [3.05, 3.63) is 36.0 Å². The number of hydrogen-bond donors (Lipinski definition) is 2. The summed E-state index contributed by atoms with van der Waals surface area (Å²) in [6.45, 7) is 5.66. The van der Waals surface area contributed by atoms with Gasteiger partial charge in [-0.2, -0.15) is 0 Å². The van der Waals surface area contributed by atoms with Gasteiger partial charge in [-0.1, -0.05) is 37.5 Å². The molecule has 0 aliphatic heterocycles. The van der Waals surface area contributed by atoms with E-state index in [0.717, 1.165) is 29.3 Å². The zero-order valence-corrected chi connectivity index (χ0v) is 15.5. The molecule has 0 saturated heterocycles. The van der Waals surface area contributed by atoms with Gasteiger partial charge in [-0.25, -0.2) is 0 Å². The van der Waals surface area contributed by atoms with Gasteiger partial charge in [-0.15, -0.1) is 0 Å². The SMILES string of the molecule is CC(C)(C)OC(=O)[C@@H](N)[C@H](c1c[nH]c2ccccc12)C1CCCCC1. The molecule has 1 saturated carbocycles. The third-order valence-corrected chi connectivity index (χ3v) is 5.20. The molecule has 25 heavy (non-hydrogen) atoms. The van der Waals surface area contributed by atoms with E-state index in [1.807, 2.05) is 39.1 Å². The standard InChI is InChI=1S/C21H30N2O2/c1-21(2,3)25-20(24)19(22)18(14-9-5-4-6-10-14)16-13-23-17-12-8-7-11-15(16)17/h7-8,11-14,18-19,23H,4-6,9-10,22H2,1-3H3/t18-,19-/m0/s1. The summed E-state index contributed by atoms with van der Waals surface area (Å²) in [7, 11) is 0. The van der Waals surface area contributed by atoms with E-state index in [0.29, 0.717) is 5.92 Å². The Morgan fingerprint density at radius 1 is 1.20 bits per heavy atom. The molecule has 0 unspecified atom stereocenters. The van der Waals surface area contributed by atoms with Crippen molar-refractivity contribution >= 4 is 16.9 Å². The molecule has 3 N–H and O–H groups in total. The molecule has 3 rings (SSSR count). The fourth-order valence-electron chi connectivity index (χ4n) is 4.12. The number of nitrogens with one attached hydrogen (secondary N) is 1. The maximum absolute atomic E-state index is 12.7. The van der Waals surface area contributed by atoms with Crippen molar-refractivity contribution in [2.75, 3.05) is 0 Å². The summed E-state index contributed by atoms with van der Waals surface area (Å²) in [4.78, 5) is 16.1. The molecular weight excluding hydrogens is 312 g/mol. The van der Waals surface area contributed by atoms with Gasteiger partial charge in [0.15, 0.2) is 0 Å². The first kappa shape index (κ1) is 18.0.